The first-order valence-electron chi connectivity index (χ1n) is 0.617. The molecule has 0 N–H and O–H groups in total. The van der Waals surface area contributed by atoms with E-state index in [-0.39, 0.29) is 68.1 Å². The van der Waals surface area contributed by atoms with Crippen molar-refractivity contribution in [3.05, 3.63) is 0 Å². The fourth-order valence-electron chi connectivity index (χ4n) is 0. The maximum absolute atomic E-state index is 8.58. The fourth-order valence-corrected chi connectivity index (χ4v) is 0. The van der Waals surface area contributed by atoms with Crippen molar-refractivity contribution in [3.8, 4) is 0 Å². The van der Waals surface area contributed by atoms with Gasteiger partial charge in [-0.1, -0.05) is 0 Å². The average molecular weight is 470 g/mol. The molecule has 0 atom stereocenters. The Labute approximate surface area is 95.6 Å². The molecule has 7 heavy (non-hydrogen) atoms. The van der Waals surface area contributed by atoms with Crippen LogP contribution in [0.5, 0.6) is 0 Å². The van der Waals surface area contributed by atoms with E-state index in [1.165, 1.54) is 0 Å². The van der Waals surface area contributed by atoms with Crippen molar-refractivity contribution in [1.82, 2.24) is 0 Å². The third-order valence-corrected chi connectivity index (χ3v) is 0. The van der Waals surface area contributed by atoms with Crippen molar-refractivity contribution in [2.75, 3.05) is 0 Å². The van der Waals surface area contributed by atoms with Gasteiger partial charge >= 0.3 is 97.6 Å². The third-order valence-electron chi connectivity index (χ3n) is 0. The second kappa shape index (κ2) is 6.43. The molecule has 0 aliphatic carbocycles. The molecule has 0 saturated heterocycles. The molecule has 0 spiro atoms. The molecule has 0 fully saturated rings. The van der Waals surface area contributed by atoms with E-state index in [0.717, 1.165) is 0 Å². The number of hydrogen-bond acceptors (Lipinski definition) is 4. The standard InChI is InChI=1S/Mn.Nd.4O.Pb/q;+3;;;2*-1;+2. The molecule has 3 radical (unpaired) electrons. The molecule has 0 aliphatic rings. The molecule has 0 aromatic carbocycles. The van der Waals surface area contributed by atoms with Crippen molar-refractivity contribution in [1.29, 1.82) is 0 Å². The minimum Gasteiger partial charge on any atom is 2.00 e. The van der Waals surface area contributed by atoms with Gasteiger partial charge in [-0.2, -0.15) is 0 Å². The van der Waals surface area contributed by atoms with E-state index in [1.54, 1.807) is 0 Å². The smallest absolute Gasteiger partial charge is 2.00 e. The van der Waals surface area contributed by atoms with Crippen molar-refractivity contribution in [2.24, 2.45) is 0 Å². The van der Waals surface area contributed by atoms with Gasteiger partial charge in [-0.15, -0.1) is 0 Å². The first-order valence-corrected chi connectivity index (χ1v) is 2.54. The van der Waals surface area contributed by atoms with Gasteiger partial charge in [-0.25, -0.2) is 0 Å². The number of rotatable bonds is 0. The molecule has 0 unspecified atom stereocenters. The van der Waals surface area contributed by atoms with Gasteiger partial charge in [-0.3, -0.25) is 0 Å². The largest absolute Gasteiger partial charge is 2.00 e. The summed E-state index contributed by atoms with van der Waals surface area (Å²) in [5, 5.41) is 0. The molecule has 0 aliphatic heterocycles. The van der Waals surface area contributed by atoms with Crippen LogP contribution in [0.2, 0.25) is 0 Å². The summed E-state index contributed by atoms with van der Waals surface area (Å²) in [7, 11) is 0. The minimum absolute atomic E-state index is 0. The Bertz CT molecular complexity index is 94.9. The molecule has 0 saturated carbocycles. The third kappa shape index (κ3) is 61.9. The van der Waals surface area contributed by atoms with E-state index < -0.39 is 13.4 Å². The molecule has 0 aromatic rings. The zero-order valence-corrected chi connectivity index (χ0v) is 11.3. The summed E-state index contributed by atoms with van der Waals surface area (Å²) in [4.78, 5) is 0. The van der Waals surface area contributed by atoms with E-state index in [0.29, 0.717) is 0 Å². The molecule has 0 aromatic heterocycles. The van der Waals surface area contributed by atoms with Crippen LogP contribution in [-0.2, 0) is 21.0 Å². The maximum Gasteiger partial charge on any atom is 2.00 e. The molecule has 0 bridgehead atoms. The topological polar surface area (TPSA) is 80.3 Å². The fraction of sp³-hybridized carbons (Fsp3) is 0. The molecule has 0 amide bonds. The van der Waals surface area contributed by atoms with Gasteiger partial charge < -0.3 is 0 Å². The van der Waals surface area contributed by atoms with Crippen molar-refractivity contribution >= 4 is 27.3 Å². The van der Waals surface area contributed by atoms with Crippen LogP contribution in [-0.4, -0.2) is 27.3 Å². The van der Waals surface area contributed by atoms with E-state index >= 15 is 0 Å². The van der Waals surface area contributed by atoms with Gasteiger partial charge in [0.1, 0.15) is 0 Å². The Morgan fingerprint density at radius 1 is 1.14 bits per heavy atom. The minimum atomic E-state index is -5.62. The Morgan fingerprint density at radius 2 is 1.14 bits per heavy atom. The Morgan fingerprint density at radius 3 is 1.14 bits per heavy atom. The van der Waals surface area contributed by atoms with Crippen molar-refractivity contribution in [2.45, 2.75) is 0 Å². The van der Waals surface area contributed by atoms with Crippen LogP contribution in [0.4, 0.5) is 0 Å². The van der Waals surface area contributed by atoms with Crippen molar-refractivity contribution < 1.29 is 70.3 Å². The normalized spacial score (nSPS) is 8.29. The van der Waals surface area contributed by atoms with Crippen LogP contribution in [0, 0.1) is 40.8 Å². The van der Waals surface area contributed by atoms with Crippen LogP contribution in [0.1, 0.15) is 0 Å². The van der Waals surface area contributed by atoms with Gasteiger partial charge in [0, 0.05) is 0 Å². The van der Waals surface area contributed by atoms with Gasteiger partial charge in [0.2, 0.25) is 0 Å². The Hall–Kier alpha value is 2.31. The van der Waals surface area contributed by atoms with E-state index in [1.807, 2.05) is 0 Å². The second-order valence-electron chi connectivity index (χ2n) is 0.378. The summed E-state index contributed by atoms with van der Waals surface area (Å²) in [5.74, 6) is 0. The Balaban J connectivity index is -0.0000000800. The first-order chi connectivity index (χ1) is 2.00. The molecular formula is MnNdO4Pb+3. The van der Waals surface area contributed by atoms with Gasteiger partial charge in [0.05, 0.1) is 0 Å². The molecule has 36 valence electrons. The quantitative estimate of drug-likeness (QED) is 0.354. The molecule has 0 heterocycles. The summed E-state index contributed by atoms with van der Waals surface area (Å²) >= 11 is -5.62. The Kier molecular flexibility index (Phi) is 14.8. The van der Waals surface area contributed by atoms with Crippen molar-refractivity contribution in [3.63, 3.8) is 0 Å². The molecule has 0 rings (SSSR count). The zero-order valence-electron chi connectivity index (χ0n) is 3.01. The SMILES string of the molecule is [Nd+3].[O]=[Mn](=[O])([O-])[O-].[Pb+2]. The van der Waals surface area contributed by atoms with Gasteiger partial charge in [-0.05, 0) is 0 Å². The molecular weight excluding hydrogens is 470 g/mol. The average Bonchev–Trinajstić information content (AvgIpc) is 0.722. The zero-order chi connectivity index (χ0) is 4.50. The van der Waals surface area contributed by atoms with Crippen LogP contribution in [0.15, 0.2) is 0 Å². The summed E-state index contributed by atoms with van der Waals surface area (Å²) in [5.41, 5.74) is 0. The van der Waals surface area contributed by atoms with Gasteiger partial charge in [0.15, 0.2) is 0 Å². The molecule has 4 nitrogen and oxygen atoms in total. The monoisotopic (exact) mass is 469 g/mol. The second-order valence-corrected chi connectivity index (χ2v) is 1.56. The molecule has 7 heteroatoms. The maximum atomic E-state index is 8.58. The van der Waals surface area contributed by atoms with Gasteiger partial charge in [0.25, 0.3) is 0 Å². The van der Waals surface area contributed by atoms with Crippen LogP contribution in [0.25, 0.3) is 0 Å². The van der Waals surface area contributed by atoms with Crippen LogP contribution in [0.3, 0.4) is 0 Å². The predicted molar refractivity (Wildman–Crippen MR) is 7.13 cm³/mol. The van der Waals surface area contributed by atoms with Crippen LogP contribution < -0.4 is 8.38 Å². The van der Waals surface area contributed by atoms with E-state index in [9.17, 15) is 0 Å². The van der Waals surface area contributed by atoms with E-state index in [4.69, 9.17) is 16.0 Å². The van der Waals surface area contributed by atoms with E-state index in [2.05, 4.69) is 0 Å². The summed E-state index contributed by atoms with van der Waals surface area (Å²) < 4.78 is 34.3. The first kappa shape index (κ1) is 16.1. The summed E-state index contributed by atoms with van der Waals surface area (Å²) in [6.07, 6.45) is 0. The predicted octanol–water partition coefficient (Wildman–Crippen LogP) is -3.00. The number of hydrogen-bond donors (Lipinski definition) is 0. The van der Waals surface area contributed by atoms with Crippen LogP contribution >= 0.6 is 0 Å². The summed E-state index contributed by atoms with van der Waals surface area (Å²) in [6.45, 7) is 0. The summed E-state index contributed by atoms with van der Waals surface area (Å²) in [6, 6.07) is 0.